The normalized spacial score (nSPS) is 10.6. The molecule has 4 nitrogen and oxygen atoms in total. The Kier molecular flexibility index (Phi) is 4.30. The van der Waals surface area contributed by atoms with Crippen molar-refractivity contribution in [3.8, 4) is 0 Å². The number of pyridine rings is 1. The molecule has 0 aliphatic rings. The van der Waals surface area contributed by atoms with Crippen LogP contribution >= 0.6 is 0 Å². The Morgan fingerprint density at radius 2 is 2.31 bits per heavy atom. The highest BCUT2D eigenvalue weighted by Crippen LogP contribution is 2.24. The van der Waals surface area contributed by atoms with Crippen LogP contribution in [0.25, 0.3) is 0 Å². The molecule has 0 unspecified atom stereocenters. The molecular weight excluding hydrogens is 218 g/mol. The number of hydrogen-bond donors (Lipinski definition) is 1. The summed E-state index contributed by atoms with van der Waals surface area (Å²) >= 11 is 0. The largest absolute Gasteiger partial charge is 0.462 e. The molecule has 0 radical (unpaired) electrons. The van der Waals surface area contributed by atoms with Crippen molar-refractivity contribution in [1.82, 2.24) is 4.98 Å². The van der Waals surface area contributed by atoms with Gasteiger partial charge in [-0.25, -0.2) is 13.6 Å². The molecule has 0 amide bonds. The Labute approximate surface area is 91.4 Å². The van der Waals surface area contributed by atoms with Gasteiger partial charge in [0.15, 0.2) is 0 Å². The van der Waals surface area contributed by atoms with Gasteiger partial charge in [-0.15, -0.1) is 0 Å². The molecule has 0 saturated carbocycles. The molecule has 6 heteroatoms. The van der Waals surface area contributed by atoms with Crippen molar-refractivity contribution >= 4 is 5.97 Å². The van der Waals surface area contributed by atoms with Crippen LogP contribution in [0.5, 0.6) is 0 Å². The van der Waals surface area contributed by atoms with E-state index in [4.69, 9.17) is 10.5 Å². The highest BCUT2D eigenvalue weighted by molar-refractivity contribution is 5.92. The van der Waals surface area contributed by atoms with E-state index in [1.807, 2.05) is 0 Å². The van der Waals surface area contributed by atoms with Crippen molar-refractivity contribution in [2.24, 2.45) is 5.73 Å². The van der Waals surface area contributed by atoms with Crippen molar-refractivity contribution in [3.05, 3.63) is 29.1 Å². The first-order valence-corrected chi connectivity index (χ1v) is 4.74. The summed E-state index contributed by atoms with van der Waals surface area (Å²) in [7, 11) is 0. The number of alkyl halides is 2. The number of aromatic nitrogens is 1. The highest BCUT2D eigenvalue weighted by atomic mass is 19.3. The summed E-state index contributed by atoms with van der Waals surface area (Å²) in [6, 6.07) is 1.09. The van der Waals surface area contributed by atoms with Crippen LogP contribution in [0.4, 0.5) is 8.78 Å². The first kappa shape index (κ1) is 12.5. The molecular formula is C10H12F2N2O2. The van der Waals surface area contributed by atoms with Crippen LogP contribution in [-0.4, -0.2) is 17.6 Å². The van der Waals surface area contributed by atoms with Gasteiger partial charge in [-0.3, -0.25) is 4.98 Å². The quantitative estimate of drug-likeness (QED) is 0.799. The van der Waals surface area contributed by atoms with E-state index in [0.717, 1.165) is 6.07 Å². The predicted octanol–water partition coefficient (Wildman–Crippen LogP) is 1.65. The second-order valence-corrected chi connectivity index (χ2v) is 2.95. The van der Waals surface area contributed by atoms with E-state index in [2.05, 4.69) is 4.98 Å². The van der Waals surface area contributed by atoms with Gasteiger partial charge in [0.2, 0.25) is 0 Å². The van der Waals surface area contributed by atoms with Crippen molar-refractivity contribution in [2.45, 2.75) is 19.9 Å². The number of nitrogens with zero attached hydrogens (tertiary/aromatic N) is 1. The van der Waals surface area contributed by atoms with Crippen LogP contribution in [0.3, 0.4) is 0 Å². The lowest BCUT2D eigenvalue weighted by Crippen LogP contribution is -2.15. The number of esters is 1. The van der Waals surface area contributed by atoms with Crippen LogP contribution in [0, 0.1) is 0 Å². The van der Waals surface area contributed by atoms with E-state index in [0.29, 0.717) is 0 Å². The number of halogens is 2. The molecule has 0 aliphatic heterocycles. The van der Waals surface area contributed by atoms with Gasteiger partial charge in [-0.2, -0.15) is 0 Å². The number of carbonyl (C=O) groups excluding carboxylic acids is 1. The zero-order valence-corrected chi connectivity index (χ0v) is 8.74. The fourth-order valence-electron chi connectivity index (χ4n) is 1.30. The van der Waals surface area contributed by atoms with Crippen LogP contribution < -0.4 is 5.73 Å². The van der Waals surface area contributed by atoms with Crippen molar-refractivity contribution < 1.29 is 18.3 Å². The van der Waals surface area contributed by atoms with E-state index in [1.54, 1.807) is 6.92 Å². The molecule has 88 valence electrons. The summed E-state index contributed by atoms with van der Waals surface area (Å²) in [4.78, 5) is 15.3. The molecule has 0 bridgehead atoms. The summed E-state index contributed by atoms with van der Waals surface area (Å²) in [5.74, 6) is -0.814. The highest BCUT2D eigenvalue weighted by Gasteiger charge is 2.23. The monoisotopic (exact) mass is 230 g/mol. The third-order valence-electron chi connectivity index (χ3n) is 1.97. The average molecular weight is 230 g/mol. The molecule has 1 aromatic rings. The average Bonchev–Trinajstić information content (AvgIpc) is 2.28. The second kappa shape index (κ2) is 5.50. The van der Waals surface area contributed by atoms with Crippen molar-refractivity contribution in [3.63, 3.8) is 0 Å². The zero-order chi connectivity index (χ0) is 12.1. The molecule has 16 heavy (non-hydrogen) atoms. The van der Waals surface area contributed by atoms with Gasteiger partial charge >= 0.3 is 5.97 Å². The lowest BCUT2D eigenvalue weighted by atomic mass is 10.1. The van der Waals surface area contributed by atoms with Gasteiger partial charge in [0.25, 0.3) is 6.43 Å². The maximum Gasteiger partial charge on any atom is 0.340 e. The maximum absolute atomic E-state index is 12.7. The minimum atomic E-state index is -2.76. The molecule has 0 aliphatic carbocycles. The molecule has 0 fully saturated rings. The van der Waals surface area contributed by atoms with Crippen molar-refractivity contribution in [2.75, 3.05) is 6.61 Å². The van der Waals surface area contributed by atoms with Crippen LogP contribution in [0.15, 0.2) is 12.3 Å². The molecule has 0 atom stereocenters. The van der Waals surface area contributed by atoms with E-state index < -0.39 is 18.0 Å². The second-order valence-electron chi connectivity index (χ2n) is 2.95. The van der Waals surface area contributed by atoms with Crippen LogP contribution in [-0.2, 0) is 11.3 Å². The molecule has 1 heterocycles. The predicted molar refractivity (Wildman–Crippen MR) is 53.0 cm³/mol. The number of ether oxygens (including phenoxy) is 1. The van der Waals surface area contributed by atoms with E-state index in [9.17, 15) is 13.6 Å². The summed E-state index contributed by atoms with van der Waals surface area (Å²) in [6.45, 7) is 1.62. The minimum Gasteiger partial charge on any atom is -0.462 e. The van der Waals surface area contributed by atoms with Gasteiger partial charge in [-0.1, -0.05) is 0 Å². The molecule has 0 spiro atoms. The first-order chi connectivity index (χ1) is 7.61. The van der Waals surface area contributed by atoms with Gasteiger partial charge in [-0.05, 0) is 13.0 Å². The van der Waals surface area contributed by atoms with E-state index >= 15 is 0 Å². The Morgan fingerprint density at radius 1 is 1.62 bits per heavy atom. The van der Waals surface area contributed by atoms with Gasteiger partial charge in [0.05, 0.1) is 17.9 Å². The molecule has 0 aromatic carbocycles. The van der Waals surface area contributed by atoms with Crippen LogP contribution in [0.2, 0.25) is 0 Å². The number of rotatable bonds is 4. The lowest BCUT2D eigenvalue weighted by molar-refractivity contribution is 0.0513. The fourth-order valence-corrected chi connectivity index (χ4v) is 1.30. The number of hydrogen-bond acceptors (Lipinski definition) is 4. The maximum atomic E-state index is 12.7. The molecule has 2 N–H and O–H groups in total. The standard InChI is InChI=1S/C10H12F2N2O2/c1-2-16-10(15)8-6(9(11)12)3-4-14-7(8)5-13/h3-4,9H,2,5,13H2,1H3. The molecule has 0 saturated heterocycles. The SMILES string of the molecule is CCOC(=O)c1c(C(F)F)ccnc1CN. The smallest absolute Gasteiger partial charge is 0.340 e. The summed E-state index contributed by atoms with van der Waals surface area (Å²) in [5.41, 5.74) is 4.84. The van der Waals surface area contributed by atoms with Gasteiger partial charge < -0.3 is 10.5 Å². The first-order valence-electron chi connectivity index (χ1n) is 4.74. The van der Waals surface area contributed by atoms with Crippen LogP contribution in [0.1, 0.15) is 35.0 Å². The van der Waals surface area contributed by atoms with Gasteiger partial charge in [0, 0.05) is 18.3 Å². The van der Waals surface area contributed by atoms with E-state index in [1.165, 1.54) is 6.20 Å². The minimum absolute atomic E-state index is 0.0886. The topological polar surface area (TPSA) is 65.2 Å². The molecule has 1 rings (SSSR count). The number of carbonyl (C=O) groups is 1. The zero-order valence-electron chi connectivity index (χ0n) is 8.74. The third-order valence-corrected chi connectivity index (χ3v) is 1.97. The van der Waals surface area contributed by atoms with Gasteiger partial charge in [0.1, 0.15) is 0 Å². The number of nitrogens with two attached hydrogens (primary N) is 1. The van der Waals surface area contributed by atoms with E-state index in [-0.39, 0.29) is 24.4 Å². The Hall–Kier alpha value is -1.56. The third kappa shape index (κ3) is 2.52. The lowest BCUT2D eigenvalue weighted by Gasteiger charge is -2.11. The summed E-state index contributed by atoms with van der Waals surface area (Å²) in [6.07, 6.45) is -1.56. The Morgan fingerprint density at radius 3 is 2.81 bits per heavy atom. The molecule has 1 aromatic heterocycles. The fraction of sp³-hybridized carbons (Fsp3) is 0.400. The van der Waals surface area contributed by atoms with Crippen molar-refractivity contribution in [1.29, 1.82) is 0 Å². The summed E-state index contributed by atoms with van der Waals surface area (Å²) < 4.78 is 30.0. The Balaban J connectivity index is 3.24. The summed E-state index contributed by atoms with van der Waals surface area (Å²) in [5, 5.41) is 0. The Bertz CT molecular complexity index is 383.